The summed E-state index contributed by atoms with van der Waals surface area (Å²) in [6.07, 6.45) is 0.102. The van der Waals surface area contributed by atoms with Crippen LogP contribution in [0, 0.1) is 13.8 Å². The Hall–Kier alpha value is -2.74. The molecule has 0 unspecified atom stereocenters. The van der Waals surface area contributed by atoms with Crippen LogP contribution < -0.4 is 10.6 Å². The number of nitrogens with one attached hydrogen (secondary N) is 2. The number of esters is 1. The summed E-state index contributed by atoms with van der Waals surface area (Å²) in [5, 5.41) is 5.69. The second-order valence-electron chi connectivity index (χ2n) is 5.52. The van der Waals surface area contributed by atoms with E-state index in [1.54, 1.807) is 26.0 Å². The first kappa shape index (κ1) is 19.6. The summed E-state index contributed by atoms with van der Waals surface area (Å²) >= 11 is 1.07. The van der Waals surface area contributed by atoms with Crippen LogP contribution in [0.3, 0.4) is 0 Å². The number of rotatable bonds is 7. The third-order valence-electron chi connectivity index (χ3n) is 3.53. The maximum Gasteiger partial charge on any atom is 0.350 e. The molecule has 2 N–H and O–H groups in total. The molecule has 8 heteroatoms. The van der Waals surface area contributed by atoms with E-state index in [0.29, 0.717) is 21.3 Å². The molecule has 2 amide bonds. The van der Waals surface area contributed by atoms with Crippen LogP contribution in [0.15, 0.2) is 24.3 Å². The molecule has 0 fully saturated rings. The number of carbonyl (C=O) groups is 3. The average molecular weight is 375 g/mol. The number of aryl methyl sites for hydroxylation is 2. The third kappa shape index (κ3) is 5.13. The molecule has 0 spiro atoms. The lowest BCUT2D eigenvalue weighted by molar-refractivity contribution is -0.116. The Morgan fingerprint density at radius 1 is 1.19 bits per heavy atom. The molecule has 7 nitrogen and oxygen atoms in total. The lowest BCUT2D eigenvalue weighted by Crippen LogP contribution is -2.28. The van der Waals surface area contributed by atoms with Gasteiger partial charge < -0.3 is 15.4 Å². The molecule has 0 aliphatic rings. The SMILES string of the molecule is CCOC(=O)c1sc(NC(=O)CCNC(=O)c2ccccc2C)nc1C. The van der Waals surface area contributed by atoms with E-state index >= 15 is 0 Å². The molecule has 0 saturated heterocycles. The first-order valence-electron chi connectivity index (χ1n) is 8.20. The Morgan fingerprint density at radius 3 is 2.62 bits per heavy atom. The summed E-state index contributed by atoms with van der Waals surface area (Å²) < 4.78 is 4.94. The van der Waals surface area contributed by atoms with Gasteiger partial charge in [-0.05, 0) is 32.4 Å². The minimum atomic E-state index is -0.450. The highest BCUT2D eigenvalue weighted by Crippen LogP contribution is 2.23. The van der Waals surface area contributed by atoms with E-state index in [-0.39, 0.29) is 31.4 Å². The number of ether oxygens (including phenoxy) is 1. The van der Waals surface area contributed by atoms with Gasteiger partial charge in [-0.15, -0.1) is 0 Å². The summed E-state index contributed by atoms with van der Waals surface area (Å²) in [6, 6.07) is 7.24. The minimum Gasteiger partial charge on any atom is -0.462 e. The zero-order valence-electron chi connectivity index (χ0n) is 14.9. The van der Waals surface area contributed by atoms with Crippen molar-refractivity contribution in [3.8, 4) is 0 Å². The zero-order valence-corrected chi connectivity index (χ0v) is 15.7. The molecule has 0 aliphatic heterocycles. The fourth-order valence-corrected chi connectivity index (χ4v) is 3.11. The highest BCUT2D eigenvalue weighted by Gasteiger charge is 2.17. The van der Waals surface area contributed by atoms with Gasteiger partial charge in [-0.2, -0.15) is 0 Å². The van der Waals surface area contributed by atoms with Crippen molar-refractivity contribution in [1.29, 1.82) is 0 Å². The molecular formula is C18H21N3O4S. The number of nitrogens with zero attached hydrogens (tertiary/aromatic N) is 1. The highest BCUT2D eigenvalue weighted by molar-refractivity contribution is 7.17. The van der Waals surface area contributed by atoms with Crippen LogP contribution in [0.25, 0.3) is 0 Å². The van der Waals surface area contributed by atoms with Crippen molar-refractivity contribution in [2.75, 3.05) is 18.5 Å². The molecule has 2 aromatic rings. The standard InChI is InChI=1S/C18H21N3O4S/c1-4-25-17(24)15-12(3)20-18(26-15)21-14(22)9-10-19-16(23)13-8-6-5-7-11(13)2/h5-8H,4,9-10H2,1-3H3,(H,19,23)(H,20,21,22). The largest absolute Gasteiger partial charge is 0.462 e. The molecule has 0 radical (unpaired) electrons. The van der Waals surface area contributed by atoms with E-state index in [1.165, 1.54) is 0 Å². The lowest BCUT2D eigenvalue weighted by atomic mass is 10.1. The van der Waals surface area contributed by atoms with Crippen LogP contribution in [0.4, 0.5) is 5.13 Å². The van der Waals surface area contributed by atoms with Gasteiger partial charge in [0.15, 0.2) is 5.13 Å². The average Bonchev–Trinajstić information content (AvgIpc) is 2.95. The summed E-state index contributed by atoms with van der Waals surface area (Å²) in [6.45, 7) is 5.74. The molecule has 1 aromatic heterocycles. The van der Waals surface area contributed by atoms with E-state index < -0.39 is 5.97 Å². The second kappa shape index (κ2) is 9.10. The van der Waals surface area contributed by atoms with Gasteiger partial charge in [0.1, 0.15) is 4.88 Å². The van der Waals surface area contributed by atoms with Crippen LogP contribution in [0.2, 0.25) is 0 Å². The van der Waals surface area contributed by atoms with Crippen molar-refractivity contribution in [3.05, 3.63) is 46.0 Å². The number of benzene rings is 1. The van der Waals surface area contributed by atoms with Crippen molar-refractivity contribution >= 4 is 34.3 Å². The van der Waals surface area contributed by atoms with Crippen molar-refractivity contribution in [3.63, 3.8) is 0 Å². The number of hydrogen-bond acceptors (Lipinski definition) is 6. The van der Waals surface area contributed by atoms with Gasteiger partial charge in [0, 0.05) is 18.5 Å². The maximum atomic E-state index is 12.1. The predicted octanol–water partition coefficient (Wildman–Crippen LogP) is 2.70. The lowest BCUT2D eigenvalue weighted by Gasteiger charge is -2.07. The zero-order chi connectivity index (χ0) is 19.1. The fourth-order valence-electron chi connectivity index (χ4n) is 2.23. The number of thiazole rings is 1. The molecule has 0 saturated carbocycles. The number of carbonyl (C=O) groups excluding carboxylic acids is 3. The molecule has 2 rings (SSSR count). The molecule has 0 atom stereocenters. The predicted molar refractivity (Wildman–Crippen MR) is 99.6 cm³/mol. The highest BCUT2D eigenvalue weighted by atomic mass is 32.1. The monoisotopic (exact) mass is 375 g/mol. The van der Waals surface area contributed by atoms with Crippen molar-refractivity contribution < 1.29 is 19.1 Å². The summed E-state index contributed by atoms with van der Waals surface area (Å²) in [7, 11) is 0. The number of aromatic nitrogens is 1. The topological polar surface area (TPSA) is 97.4 Å². The molecule has 1 aromatic carbocycles. The number of amides is 2. The van der Waals surface area contributed by atoms with Crippen LogP contribution >= 0.6 is 11.3 Å². The third-order valence-corrected chi connectivity index (χ3v) is 4.58. The normalized spacial score (nSPS) is 10.3. The van der Waals surface area contributed by atoms with Crippen molar-refractivity contribution in [2.24, 2.45) is 0 Å². The van der Waals surface area contributed by atoms with Gasteiger partial charge in [0.2, 0.25) is 5.91 Å². The van der Waals surface area contributed by atoms with Gasteiger partial charge >= 0.3 is 5.97 Å². The van der Waals surface area contributed by atoms with E-state index in [9.17, 15) is 14.4 Å². The van der Waals surface area contributed by atoms with Crippen LogP contribution in [0.1, 0.15) is 44.6 Å². The number of anilines is 1. The first-order chi connectivity index (χ1) is 12.4. The van der Waals surface area contributed by atoms with Gasteiger partial charge in [0.05, 0.1) is 12.3 Å². The van der Waals surface area contributed by atoms with Crippen LogP contribution in [-0.4, -0.2) is 35.9 Å². The minimum absolute atomic E-state index is 0.102. The van der Waals surface area contributed by atoms with Crippen molar-refractivity contribution in [2.45, 2.75) is 27.2 Å². The maximum absolute atomic E-state index is 12.1. The van der Waals surface area contributed by atoms with E-state index in [4.69, 9.17) is 4.74 Å². The van der Waals surface area contributed by atoms with Gasteiger partial charge in [-0.3, -0.25) is 9.59 Å². The quantitative estimate of drug-likeness (QED) is 0.725. The molecule has 0 bridgehead atoms. The van der Waals surface area contributed by atoms with Gasteiger partial charge in [-0.25, -0.2) is 9.78 Å². The number of hydrogen-bond donors (Lipinski definition) is 2. The smallest absolute Gasteiger partial charge is 0.350 e. The first-order valence-corrected chi connectivity index (χ1v) is 9.02. The summed E-state index contributed by atoms with van der Waals surface area (Å²) in [5.41, 5.74) is 1.97. The molecule has 0 aliphatic carbocycles. The summed E-state index contributed by atoms with van der Waals surface area (Å²) in [5.74, 6) is -0.960. The van der Waals surface area contributed by atoms with Crippen LogP contribution in [-0.2, 0) is 9.53 Å². The van der Waals surface area contributed by atoms with E-state index in [2.05, 4.69) is 15.6 Å². The molecule has 138 valence electrons. The van der Waals surface area contributed by atoms with Gasteiger partial charge in [-0.1, -0.05) is 29.5 Å². The van der Waals surface area contributed by atoms with E-state index in [1.807, 2.05) is 19.1 Å². The Kier molecular flexibility index (Phi) is 6.85. The van der Waals surface area contributed by atoms with Gasteiger partial charge in [0.25, 0.3) is 5.91 Å². The van der Waals surface area contributed by atoms with E-state index in [0.717, 1.165) is 16.9 Å². The van der Waals surface area contributed by atoms with Crippen molar-refractivity contribution in [1.82, 2.24) is 10.3 Å². The fraction of sp³-hybridized carbons (Fsp3) is 0.333. The molecular weight excluding hydrogens is 354 g/mol. The second-order valence-corrected chi connectivity index (χ2v) is 6.52. The Bertz CT molecular complexity index is 817. The Labute approximate surface area is 155 Å². The Balaban J connectivity index is 1.84. The molecule has 26 heavy (non-hydrogen) atoms. The van der Waals surface area contributed by atoms with Crippen LogP contribution in [0.5, 0.6) is 0 Å². The Morgan fingerprint density at radius 2 is 1.92 bits per heavy atom. The summed E-state index contributed by atoms with van der Waals surface area (Å²) in [4.78, 5) is 40.4. The molecule has 1 heterocycles.